The van der Waals surface area contributed by atoms with Gasteiger partial charge in [-0.15, -0.1) is 0 Å². The molecule has 118 valence electrons. The number of rotatable bonds is 0. The fourth-order valence-electron chi connectivity index (χ4n) is 7.41. The second kappa shape index (κ2) is 5.14. The van der Waals surface area contributed by atoms with Crippen LogP contribution in [0, 0.1) is 40.9 Å². The standard InChI is InChI=1S/C21H34/c1-4-16-7-10-20-19-9-6-15-13-14(2)5-8-17(15)18(19)11-12-21(16,20)3/h4,14-15,17-20H,5-13H2,1-3H3/b16-4-/t14-,15+,17-,18+,19+,20?,21+/m0/s1. The number of allylic oxidation sites excluding steroid dienone is 2. The second-order valence-electron chi connectivity index (χ2n) is 9.16. The molecule has 4 aliphatic rings. The van der Waals surface area contributed by atoms with Crippen molar-refractivity contribution in [3.63, 3.8) is 0 Å². The molecule has 0 radical (unpaired) electrons. The molecule has 0 heteroatoms. The van der Waals surface area contributed by atoms with E-state index in [1.54, 1.807) is 32.1 Å². The first-order valence-corrected chi connectivity index (χ1v) is 9.79. The fraction of sp³-hybridized carbons (Fsp3) is 0.905. The van der Waals surface area contributed by atoms with Gasteiger partial charge in [0.05, 0.1) is 0 Å². The minimum atomic E-state index is 0.588. The quantitative estimate of drug-likeness (QED) is 0.464. The lowest BCUT2D eigenvalue weighted by Gasteiger charge is -2.55. The van der Waals surface area contributed by atoms with Gasteiger partial charge in [0.25, 0.3) is 0 Å². The summed E-state index contributed by atoms with van der Waals surface area (Å²) in [6.45, 7) is 7.40. The zero-order valence-electron chi connectivity index (χ0n) is 14.4. The van der Waals surface area contributed by atoms with Crippen LogP contribution in [0.2, 0.25) is 0 Å². The molecule has 0 aliphatic heterocycles. The normalized spacial score (nSPS) is 54.9. The topological polar surface area (TPSA) is 0 Å². The third-order valence-electron chi connectivity index (χ3n) is 8.41. The average molecular weight is 287 g/mol. The van der Waals surface area contributed by atoms with Crippen LogP contribution in [0.5, 0.6) is 0 Å². The van der Waals surface area contributed by atoms with Gasteiger partial charge in [-0.1, -0.05) is 31.9 Å². The van der Waals surface area contributed by atoms with Crippen LogP contribution in [-0.4, -0.2) is 0 Å². The summed E-state index contributed by atoms with van der Waals surface area (Å²) in [7, 11) is 0. The van der Waals surface area contributed by atoms with Crippen LogP contribution in [-0.2, 0) is 0 Å². The molecular formula is C21H34. The van der Waals surface area contributed by atoms with Gasteiger partial charge in [-0.25, -0.2) is 0 Å². The van der Waals surface area contributed by atoms with Crippen molar-refractivity contribution < 1.29 is 0 Å². The van der Waals surface area contributed by atoms with Gasteiger partial charge in [-0.05, 0) is 99.2 Å². The van der Waals surface area contributed by atoms with Gasteiger partial charge in [0.15, 0.2) is 0 Å². The molecule has 4 aliphatic carbocycles. The Kier molecular flexibility index (Phi) is 3.51. The van der Waals surface area contributed by atoms with Crippen molar-refractivity contribution in [3.05, 3.63) is 11.6 Å². The lowest BCUT2D eigenvalue weighted by atomic mass is 9.50. The molecule has 0 amide bonds. The zero-order valence-corrected chi connectivity index (χ0v) is 14.4. The van der Waals surface area contributed by atoms with Crippen LogP contribution in [0.3, 0.4) is 0 Å². The highest BCUT2D eigenvalue weighted by Crippen LogP contribution is 2.64. The lowest BCUT2D eigenvalue weighted by molar-refractivity contribution is -0.0470. The van der Waals surface area contributed by atoms with Gasteiger partial charge >= 0.3 is 0 Å². The van der Waals surface area contributed by atoms with Crippen molar-refractivity contribution >= 4 is 0 Å². The van der Waals surface area contributed by atoms with Gasteiger partial charge in [-0.3, -0.25) is 0 Å². The molecule has 4 fully saturated rings. The van der Waals surface area contributed by atoms with E-state index in [4.69, 9.17) is 0 Å². The molecule has 0 nitrogen and oxygen atoms in total. The molecule has 4 saturated carbocycles. The molecule has 0 aromatic heterocycles. The Balaban J connectivity index is 1.58. The van der Waals surface area contributed by atoms with Gasteiger partial charge < -0.3 is 0 Å². The molecular weight excluding hydrogens is 252 g/mol. The number of hydrogen-bond donors (Lipinski definition) is 0. The van der Waals surface area contributed by atoms with Crippen molar-refractivity contribution in [2.24, 2.45) is 40.9 Å². The SMILES string of the molecule is C/C=C1/CCC2[C@@H]3CC[C@@H]4C[C@@H](C)CC[C@@H]4[C@H]3CC[C@]12C. The molecule has 0 saturated heterocycles. The summed E-state index contributed by atoms with van der Waals surface area (Å²) >= 11 is 0. The summed E-state index contributed by atoms with van der Waals surface area (Å²) < 4.78 is 0. The molecule has 7 atom stereocenters. The summed E-state index contributed by atoms with van der Waals surface area (Å²) in [5, 5.41) is 0. The predicted molar refractivity (Wildman–Crippen MR) is 90.0 cm³/mol. The monoisotopic (exact) mass is 286 g/mol. The molecule has 0 bridgehead atoms. The highest BCUT2D eigenvalue weighted by molar-refractivity contribution is 5.23. The van der Waals surface area contributed by atoms with Gasteiger partial charge in [0.2, 0.25) is 0 Å². The Hall–Kier alpha value is -0.260. The van der Waals surface area contributed by atoms with Gasteiger partial charge in [-0.2, -0.15) is 0 Å². The van der Waals surface area contributed by atoms with Crippen LogP contribution in [0.1, 0.15) is 78.6 Å². The van der Waals surface area contributed by atoms with Crippen molar-refractivity contribution in [1.29, 1.82) is 0 Å². The first-order chi connectivity index (χ1) is 10.1. The first kappa shape index (κ1) is 14.3. The van der Waals surface area contributed by atoms with Crippen LogP contribution in [0.25, 0.3) is 0 Å². The zero-order chi connectivity index (χ0) is 14.6. The van der Waals surface area contributed by atoms with E-state index in [0.717, 1.165) is 35.5 Å². The summed E-state index contributed by atoms with van der Waals surface area (Å²) in [5.41, 5.74) is 2.40. The van der Waals surface area contributed by atoms with E-state index in [9.17, 15) is 0 Å². The lowest BCUT2D eigenvalue weighted by Crippen LogP contribution is -2.47. The highest BCUT2D eigenvalue weighted by atomic mass is 14.6. The largest absolute Gasteiger partial charge is 0.0879 e. The first-order valence-electron chi connectivity index (χ1n) is 9.79. The minimum Gasteiger partial charge on any atom is -0.0879 e. The van der Waals surface area contributed by atoms with Crippen LogP contribution in [0.4, 0.5) is 0 Å². The van der Waals surface area contributed by atoms with Crippen LogP contribution < -0.4 is 0 Å². The van der Waals surface area contributed by atoms with E-state index in [-0.39, 0.29) is 0 Å². The van der Waals surface area contributed by atoms with E-state index in [1.807, 2.05) is 5.57 Å². The predicted octanol–water partition coefficient (Wildman–Crippen LogP) is 6.22. The minimum absolute atomic E-state index is 0.588. The van der Waals surface area contributed by atoms with E-state index in [2.05, 4.69) is 26.8 Å². The van der Waals surface area contributed by atoms with Crippen molar-refractivity contribution in [3.8, 4) is 0 Å². The Morgan fingerprint density at radius 3 is 2.57 bits per heavy atom. The smallest absolute Gasteiger partial charge is 0.00853 e. The molecule has 0 N–H and O–H groups in total. The number of fused-ring (bicyclic) bond motifs is 5. The molecule has 1 unspecified atom stereocenters. The third kappa shape index (κ3) is 2.07. The summed E-state index contributed by atoms with van der Waals surface area (Å²) in [6.07, 6.45) is 16.2. The molecule has 0 spiro atoms. The average Bonchev–Trinajstić information content (AvgIpc) is 2.83. The Labute approximate surface area is 131 Å². The third-order valence-corrected chi connectivity index (χ3v) is 8.41. The summed E-state index contributed by atoms with van der Waals surface area (Å²) in [4.78, 5) is 0. The summed E-state index contributed by atoms with van der Waals surface area (Å²) in [6, 6.07) is 0. The van der Waals surface area contributed by atoms with Crippen LogP contribution >= 0.6 is 0 Å². The summed E-state index contributed by atoms with van der Waals surface area (Å²) in [5.74, 6) is 6.43. The molecule has 4 rings (SSSR count). The van der Waals surface area contributed by atoms with E-state index in [0.29, 0.717) is 5.41 Å². The van der Waals surface area contributed by atoms with E-state index < -0.39 is 0 Å². The van der Waals surface area contributed by atoms with Gasteiger partial charge in [0, 0.05) is 0 Å². The number of hydrogen-bond acceptors (Lipinski definition) is 0. The van der Waals surface area contributed by atoms with Crippen molar-refractivity contribution in [2.45, 2.75) is 78.6 Å². The van der Waals surface area contributed by atoms with E-state index >= 15 is 0 Å². The Morgan fingerprint density at radius 1 is 0.952 bits per heavy atom. The van der Waals surface area contributed by atoms with E-state index in [1.165, 1.54) is 25.7 Å². The Bertz CT molecular complexity index is 433. The van der Waals surface area contributed by atoms with Gasteiger partial charge in [0.1, 0.15) is 0 Å². The second-order valence-corrected chi connectivity index (χ2v) is 9.16. The molecule has 0 heterocycles. The fourth-order valence-corrected chi connectivity index (χ4v) is 7.41. The molecule has 21 heavy (non-hydrogen) atoms. The molecule has 0 aromatic carbocycles. The maximum atomic E-state index is 2.62. The van der Waals surface area contributed by atoms with Crippen molar-refractivity contribution in [2.75, 3.05) is 0 Å². The maximum absolute atomic E-state index is 2.62. The maximum Gasteiger partial charge on any atom is -0.00853 e. The highest BCUT2D eigenvalue weighted by Gasteiger charge is 2.54. The molecule has 0 aromatic rings. The van der Waals surface area contributed by atoms with Crippen LogP contribution in [0.15, 0.2) is 11.6 Å². The van der Waals surface area contributed by atoms with Crippen molar-refractivity contribution in [1.82, 2.24) is 0 Å². The Morgan fingerprint density at radius 2 is 1.76 bits per heavy atom.